The fourth-order valence-electron chi connectivity index (χ4n) is 5.36. The van der Waals surface area contributed by atoms with Gasteiger partial charge in [0.1, 0.15) is 10.7 Å². The van der Waals surface area contributed by atoms with E-state index in [1.165, 1.54) is 24.2 Å². The molecule has 1 saturated heterocycles. The number of halogens is 1. The van der Waals surface area contributed by atoms with Crippen LogP contribution in [0.1, 0.15) is 58.6 Å². The van der Waals surface area contributed by atoms with Crippen molar-refractivity contribution in [1.29, 1.82) is 0 Å². The highest BCUT2D eigenvalue weighted by Crippen LogP contribution is 2.41. The minimum atomic E-state index is -0.864. The first-order chi connectivity index (χ1) is 20.4. The Labute approximate surface area is 263 Å². The number of carboxylic acid groups (broad SMARTS) is 1. The summed E-state index contributed by atoms with van der Waals surface area (Å²) in [7, 11) is 0. The van der Waals surface area contributed by atoms with Crippen LogP contribution in [0.15, 0.2) is 42.6 Å². The van der Waals surface area contributed by atoms with E-state index in [9.17, 15) is 9.90 Å². The van der Waals surface area contributed by atoms with E-state index < -0.39 is 11.6 Å². The van der Waals surface area contributed by atoms with E-state index in [1.54, 1.807) is 27.0 Å². The lowest BCUT2D eigenvalue weighted by atomic mass is 9.93. The molecule has 0 radical (unpaired) electrons. The number of aromatic nitrogens is 3. The molecular formula is C33H42ClN5O3S. The SMILES string of the molecule is CC(C)(C)O.CCC(CC)N1CCN(c2nccc(-c3nc4cc(C)c(CC(=O)O)c(-c5ccc(Cl)cc5)c4s3)n2)CC1. The smallest absolute Gasteiger partial charge is 0.307 e. The number of aryl methyl sites for hydroxylation is 1. The van der Waals surface area contributed by atoms with E-state index in [-0.39, 0.29) is 6.42 Å². The molecule has 1 aliphatic heterocycles. The standard InChI is InChI=1S/C29H32ClN5O2S.C4H10O/c1-4-21(5-2)34-12-14-35(15-13-34)29-31-11-10-23(33-29)28-32-24-16-18(3)22(17-25(36)37)26(27(24)38-28)19-6-8-20(30)9-7-19;1-4(2,3)5/h6-11,16,21H,4-5,12-15,17H2,1-3H3,(H,36,37);5H,1-3H3. The molecule has 230 valence electrons. The third-order valence-corrected chi connectivity index (χ3v) is 8.75. The Morgan fingerprint density at radius 3 is 2.26 bits per heavy atom. The number of rotatable bonds is 8. The summed E-state index contributed by atoms with van der Waals surface area (Å²) in [6, 6.07) is 12.0. The Balaban J connectivity index is 0.000000782. The molecule has 2 aromatic heterocycles. The molecule has 0 unspecified atom stereocenters. The molecule has 5 rings (SSSR count). The predicted octanol–water partition coefficient (Wildman–Crippen LogP) is 7.10. The lowest BCUT2D eigenvalue weighted by molar-refractivity contribution is -0.136. The topological polar surface area (TPSA) is 103 Å². The Morgan fingerprint density at radius 1 is 1.05 bits per heavy atom. The van der Waals surface area contributed by atoms with Crippen molar-refractivity contribution < 1.29 is 15.0 Å². The minimum Gasteiger partial charge on any atom is -0.481 e. The van der Waals surface area contributed by atoms with Gasteiger partial charge >= 0.3 is 5.97 Å². The molecule has 0 bridgehead atoms. The lowest BCUT2D eigenvalue weighted by Crippen LogP contribution is -2.50. The molecule has 10 heteroatoms. The average molecular weight is 624 g/mol. The molecule has 0 atom stereocenters. The van der Waals surface area contributed by atoms with Gasteiger partial charge in [0, 0.05) is 49.0 Å². The summed E-state index contributed by atoms with van der Waals surface area (Å²) < 4.78 is 0.947. The molecular weight excluding hydrogens is 582 g/mol. The first-order valence-corrected chi connectivity index (χ1v) is 16.0. The third-order valence-electron chi connectivity index (χ3n) is 7.39. The summed E-state index contributed by atoms with van der Waals surface area (Å²) in [5.74, 6) is -0.135. The van der Waals surface area contributed by atoms with Gasteiger partial charge in [0.2, 0.25) is 5.95 Å². The number of hydrogen-bond acceptors (Lipinski definition) is 8. The monoisotopic (exact) mass is 623 g/mol. The average Bonchev–Trinajstić information content (AvgIpc) is 3.38. The van der Waals surface area contributed by atoms with Crippen molar-refractivity contribution in [2.45, 2.75) is 72.4 Å². The number of aliphatic hydroxyl groups is 1. The summed E-state index contributed by atoms with van der Waals surface area (Å²) in [4.78, 5) is 31.0. The highest BCUT2D eigenvalue weighted by Gasteiger charge is 2.24. The largest absolute Gasteiger partial charge is 0.481 e. The van der Waals surface area contributed by atoms with Crippen LogP contribution in [0.25, 0.3) is 32.0 Å². The lowest BCUT2D eigenvalue weighted by Gasteiger charge is -2.38. The summed E-state index contributed by atoms with van der Waals surface area (Å²) in [6.45, 7) is 15.5. The van der Waals surface area contributed by atoms with Gasteiger partial charge in [0.25, 0.3) is 0 Å². The number of aliphatic carboxylic acids is 1. The highest BCUT2D eigenvalue weighted by atomic mass is 35.5. The highest BCUT2D eigenvalue weighted by molar-refractivity contribution is 7.22. The van der Waals surface area contributed by atoms with Gasteiger partial charge in [-0.15, -0.1) is 11.3 Å². The van der Waals surface area contributed by atoms with Crippen LogP contribution in [0.4, 0.5) is 5.95 Å². The quantitative estimate of drug-likeness (QED) is 0.214. The Kier molecular flexibility index (Phi) is 10.8. The van der Waals surface area contributed by atoms with Gasteiger partial charge in [0.15, 0.2) is 0 Å². The van der Waals surface area contributed by atoms with E-state index in [1.807, 2.05) is 43.3 Å². The van der Waals surface area contributed by atoms with Crippen molar-refractivity contribution in [3.8, 4) is 21.8 Å². The number of benzene rings is 2. The van der Waals surface area contributed by atoms with Crippen molar-refractivity contribution in [3.05, 3.63) is 58.7 Å². The van der Waals surface area contributed by atoms with Crippen molar-refractivity contribution in [1.82, 2.24) is 19.9 Å². The summed E-state index contributed by atoms with van der Waals surface area (Å²) in [5, 5.41) is 19.6. The van der Waals surface area contributed by atoms with Gasteiger partial charge < -0.3 is 15.1 Å². The zero-order chi connectivity index (χ0) is 31.3. The molecule has 1 aliphatic rings. The van der Waals surface area contributed by atoms with E-state index in [4.69, 9.17) is 26.7 Å². The second-order valence-corrected chi connectivity index (χ2v) is 13.3. The second kappa shape index (κ2) is 14.1. The van der Waals surface area contributed by atoms with Crippen LogP contribution < -0.4 is 4.90 Å². The van der Waals surface area contributed by atoms with Crippen LogP contribution in [0.5, 0.6) is 0 Å². The van der Waals surface area contributed by atoms with Gasteiger partial charge in [-0.2, -0.15) is 0 Å². The van der Waals surface area contributed by atoms with Gasteiger partial charge in [0.05, 0.1) is 22.2 Å². The normalized spacial score (nSPS) is 14.2. The molecule has 2 aromatic carbocycles. The van der Waals surface area contributed by atoms with Crippen LogP contribution in [0.2, 0.25) is 5.02 Å². The predicted molar refractivity (Wildman–Crippen MR) is 177 cm³/mol. The van der Waals surface area contributed by atoms with Crippen LogP contribution in [-0.4, -0.2) is 73.9 Å². The fourth-order valence-corrected chi connectivity index (χ4v) is 6.59. The Bertz CT molecular complexity index is 1530. The molecule has 2 N–H and O–H groups in total. The van der Waals surface area contributed by atoms with E-state index in [0.717, 1.165) is 75.3 Å². The van der Waals surface area contributed by atoms with Crippen LogP contribution in [0, 0.1) is 6.92 Å². The molecule has 4 aromatic rings. The first kappa shape index (κ1) is 32.8. The molecule has 8 nitrogen and oxygen atoms in total. The van der Waals surface area contributed by atoms with E-state index in [2.05, 4.69) is 28.6 Å². The number of fused-ring (bicyclic) bond motifs is 1. The van der Waals surface area contributed by atoms with Crippen molar-refractivity contribution in [2.24, 2.45) is 0 Å². The van der Waals surface area contributed by atoms with Crippen molar-refractivity contribution >= 4 is 45.1 Å². The Morgan fingerprint density at radius 2 is 1.67 bits per heavy atom. The number of thiazole rings is 1. The molecule has 0 aliphatic carbocycles. The third kappa shape index (κ3) is 8.50. The fraction of sp³-hybridized carbons (Fsp3) is 0.455. The maximum Gasteiger partial charge on any atom is 0.307 e. The zero-order valence-electron chi connectivity index (χ0n) is 25.9. The van der Waals surface area contributed by atoms with Gasteiger partial charge in [-0.25, -0.2) is 15.0 Å². The molecule has 43 heavy (non-hydrogen) atoms. The molecule has 3 heterocycles. The number of hydrogen-bond donors (Lipinski definition) is 2. The van der Waals surface area contributed by atoms with Crippen LogP contribution >= 0.6 is 22.9 Å². The summed E-state index contributed by atoms with van der Waals surface area (Å²) in [6.07, 6.45) is 4.09. The van der Waals surface area contributed by atoms with Gasteiger partial charge in [-0.05, 0) is 81.5 Å². The molecule has 0 saturated carbocycles. The molecule has 1 fully saturated rings. The number of anilines is 1. The van der Waals surface area contributed by atoms with Gasteiger partial charge in [-0.3, -0.25) is 9.69 Å². The van der Waals surface area contributed by atoms with Crippen molar-refractivity contribution in [3.63, 3.8) is 0 Å². The second-order valence-electron chi connectivity index (χ2n) is 11.9. The molecule has 0 amide bonds. The first-order valence-electron chi connectivity index (χ1n) is 14.8. The van der Waals surface area contributed by atoms with Crippen molar-refractivity contribution in [2.75, 3.05) is 31.1 Å². The summed E-state index contributed by atoms with van der Waals surface area (Å²) >= 11 is 7.69. The van der Waals surface area contributed by atoms with Gasteiger partial charge in [-0.1, -0.05) is 37.6 Å². The van der Waals surface area contributed by atoms with E-state index >= 15 is 0 Å². The van der Waals surface area contributed by atoms with Crippen LogP contribution in [0.3, 0.4) is 0 Å². The summed E-state index contributed by atoms with van der Waals surface area (Å²) in [5.41, 5.74) is 4.63. The van der Waals surface area contributed by atoms with E-state index in [0.29, 0.717) is 11.1 Å². The minimum absolute atomic E-state index is 0.0620. The number of piperazine rings is 1. The number of carbonyl (C=O) groups is 1. The maximum absolute atomic E-state index is 11.7. The Hall–Kier alpha value is -3.11. The maximum atomic E-state index is 11.7. The number of carboxylic acids is 1. The van der Waals surface area contributed by atoms with Crippen LogP contribution in [-0.2, 0) is 11.2 Å². The molecule has 0 spiro atoms. The number of nitrogens with zero attached hydrogens (tertiary/aromatic N) is 5. The zero-order valence-corrected chi connectivity index (χ0v) is 27.5.